The van der Waals surface area contributed by atoms with Gasteiger partial charge in [0.1, 0.15) is 23.8 Å². The molecule has 35 heavy (non-hydrogen) atoms. The molecule has 1 aromatic heterocycles. The Morgan fingerprint density at radius 2 is 1.80 bits per heavy atom. The average molecular weight is 489 g/mol. The van der Waals surface area contributed by atoms with E-state index in [0.29, 0.717) is 5.69 Å². The predicted octanol–water partition coefficient (Wildman–Crippen LogP) is 5.83. The molecule has 0 saturated carbocycles. The molecule has 2 amide bonds. The first-order valence-electron chi connectivity index (χ1n) is 10.2. The Hall–Kier alpha value is -4.41. The summed E-state index contributed by atoms with van der Waals surface area (Å²) in [6.07, 6.45) is -2.31. The fourth-order valence-corrected chi connectivity index (χ4v) is 3.11. The molecule has 3 aromatic rings. The number of benzene rings is 2. The second kappa shape index (κ2) is 10.7. The van der Waals surface area contributed by atoms with Crippen LogP contribution in [0.3, 0.4) is 0 Å². The Morgan fingerprint density at radius 1 is 1.09 bits per heavy atom. The summed E-state index contributed by atoms with van der Waals surface area (Å²) in [5.41, 5.74) is -0.0531. The highest BCUT2D eigenvalue weighted by Crippen LogP contribution is 2.34. The van der Waals surface area contributed by atoms with E-state index in [0.717, 1.165) is 12.1 Å². The van der Waals surface area contributed by atoms with Crippen molar-refractivity contribution in [3.8, 4) is 17.2 Å². The molecule has 2 N–H and O–H groups in total. The van der Waals surface area contributed by atoms with E-state index in [9.17, 15) is 22.8 Å². The summed E-state index contributed by atoms with van der Waals surface area (Å²) in [4.78, 5) is 24.7. The summed E-state index contributed by atoms with van der Waals surface area (Å²) in [6.45, 7) is 3.47. The number of aryl methyl sites for hydroxylation is 1. The molecule has 0 fully saturated rings. The third-order valence-electron chi connectivity index (χ3n) is 4.63. The summed E-state index contributed by atoms with van der Waals surface area (Å²) in [5, 5.41) is 5.19. The van der Waals surface area contributed by atoms with Gasteiger partial charge in [-0.25, -0.2) is 4.79 Å². The lowest BCUT2D eigenvalue weighted by Crippen LogP contribution is -2.17. The molecular weight excluding hydrogens is 467 g/mol. The number of rotatable bonds is 8. The average Bonchev–Trinajstić information content (AvgIpc) is 3.13. The highest BCUT2D eigenvalue weighted by molar-refractivity contribution is 6.07. The SMILES string of the molecule is C=CCOC(=O)Nc1cn(C)c(C(=O)Nc2ccc(Oc3cccc(C(F)(F)F)c3)cc2)c1OC. The molecule has 8 nitrogen and oxygen atoms in total. The Balaban J connectivity index is 1.71. The third-order valence-corrected chi connectivity index (χ3v) is 4.63. The van der Waals surface area contributed by atoms with Crippen LogP contribution in [0.5, 0.6) is 17.2 Å². The number of hydrogen-bond donors (Lipinski definition) is 2. The minimum atomic E-state index is -4.48. The highest BCUT2D eigenvalue weighted by atomic mass is 19.4. The lowest BCUT2D eigenvalue weighted by molar-refractivity contribution is -0.137. The number of carbonyl (C=O) groups excluding carboxylic acids is 2. The van der Waals surface area contributed by atoms with Gasteiger partial charge in [0.05, 0.1) is 12.7 Å². The lowest BCUT2D eigenvalue weighted by atomic mass is 10.2. The van der Waals surface area contributed by atoms with Gasteiger partial charge in [0, 0.05) is 18.9 Å². The molecule has 2 aromatic carbocycles. The number of nitrogens with one attached hydrogen (secondary N) is 2. The molecule has 0 atom stereocenters. The van der Waals surface area contributed by atoms with Crippen LogP contribution in [-0.4, -0.2) is 30.3 Å². The smallest absolute Gasteiger partial charge is 0.416 e. The molecule has 184 valence electrons. The van der Waals surface area contributed by atoms with Crippen molar-refractivity contribution in [3.05, 3.63) is 78.6 Å². The van der Waals surface area contributed by atoms with E-state index in [4.69, 9.17) is 14.2 Å². The van der Waals surface area contributed by atoms with Gasteiger partial charge in [-0.1, -0.05) is 18.7 Å². The van der Waals surface area contributed by atoms with Gasteiger partial charge >= 0.3 is 12.3 Å². The number of methoxy groups -OCH3 is 1. The van der Waals surface area contributed by atoms with Crippen LogP contribution in [0.25, 0.3) is 0 Å². The summed E-state index contributed by atoms with van der Waals surface area (Å²) in [7, 11) is 2.95. The van der Waals surface area contributed by atoms with Crippen molar-refractivity contribution in [1.82, 2.24) is 4.57 Å². The van der Waals surface area contributed by atoms with Crippen LogP contribution < -0.4 is 20.1 Å². The zero-order valence-electron chi connectivity index (χ0n) is 18.8. The highest BCUT2D eigenvalue weighted by Gasteiger charge is 2.30. The third kappa shape index (κ3) is 6.34. The largest absolute Gasteiger partial charge is 0.492 e. The van der Waals surface area contributed by atoms with E-state index >= 15 is 0 Å². The second-order valence-corrected chi connectivity index (χ2v) is 7.15. The number of carbonyl (C=O) groups is 2. The maximum Gasteiger partial charge on any atom is 0.416 e. The van der Waals surface area contributed by atoms with Gasteiger partial charge in [-0.15, -0.1) is 0 Å². The van der Waals surface area contributed by atoms with Crippen LogP contribution >= 0.6 is 0 Å². The number of anilines is 2. The molecular formula is C24H22F3N3O5. The van der Waals surface area contributed by atoms with Crippen LogP contribution in [0.4, 0.5) is 29.3 Å². The zero-order chi connectivity index (χ0) is 25.6. The number of nitrogens with zero attached hydrogens (tertiary/aromatic N) is 1. The van der Waals surface area contributed by atoms with Gasteiger partial charge in [-0.05, 0) is 42.5 Å². The van der Waals surface area contributed by atoms with Gasteiger partial charge in [0.25, 0.3) is 5.91 Å². The van der Waals surface area contributed by atoms with Gasteiger partial charge < -0.3 is 24.1 Å². The topological polar surface area (TPSA) is 90.8 Å². The Bertz CT molecular complexity index is 1220. The second-order valence-electron chi connectivity index (χ2n) is 7.15. The van der Waals surface area contributed by atoms with Crippen molar-refractivity contribution in [1.29, 1.82) is 0 Å². The first-order chi connectivity index (χ1) is 16.6. The van der Waals surface area contributed by atoms with E-state index in [1.807, 2.05) is 0 Å². The van der Waals surface area contributed by atoms with Crippen molar-refractivity contribution >= 4 is 23.4 Å². The van der Waals surface area contributed by atoms with Gasteiger partial charge in [-0.3, -0.25) is 10.1 Å². The quantitative estimate of drug-likeness (QED) is 0.389. The molecule has 3 rings (SSSR count). The lowest BCUT2D eigenvalue weighted by Gasteiger charge is -2.11. The van der Waals surface area contributed by atoms with E-state index in [2.05, 4.69) is 17.2 Å². The monoisotopic (exact) mass is 489 g/mol. The Morgan fingerprint density at radius 3 is 2.43 bits per heavy atom. The molecule has 0 aliphatic heterocycles. The molecule has 0 unspecified atom stereocenters. The van der Waals surface area contributed by atoms with E-state index in [1.165, 1.54) is 60.3 Å². The maximum absolute atomic E-state index is 12.9. The van der Waals surface area contributed by atoms with E-state index < -0.39 is 23.7 Å². The van der Waals surface area contributed by atoms with Crippen LogP contribution in [0.15, 0.2) is 67.4 Å². The van der Waals surface area contributed by atoms with Crippen LogP contribution in [0.1, 0.15) is 16.1 Å². The molecule has 11 heteroatoms. The first kappa shape index (κ1) is 25.2. The molecule has 0 aliphatic carbocycles. The van der Waals surface area contributed by atoms with Crippen molar-refractivity contribution in [2.75, 3.05) is 24.4 Å². The Labute approximate surface area is 198 Å². The van der Waals surface area contributed by atoms with Crippen LogP contribution in [-0.2, 0) is 18.0 Å². The van der Waals surface area contributed by atoms with Gasteiger partial charge in [0.2, 0.25) is 0 Å². The first-order valence-corrected chi connectivity index (χ1v) is 10.2. The van der Waals surface area contributed by atoms with Crippen molar-refractivity contribution < 1.29 is 37.0 Å². The van der Waals surface area contributed by atoms with Crippen molar-refractivity contribution in [3.63, 3.8) is 0 Å². The van der Waals surface area contributed by atoms with Crippen molar-refractivity contribution in [2.45, 2.75) is 6.18 Å². The minimum Gasteiger partial charge on any atom is -0.492 e. The molecule has 0 aliphatic rings. The summed E-state index contributed by atoms with van der Waals surface area (Å²) < 4.78 is 55.8. The standard InChI is InChI=1S/C24H22F3N3O5/c1-4-12-34-23(32)29-19-14-30(2)20(21(19)33-3)22(31)28-16-8-10-17(11-9-16)35-18-7-5-6-15(13-18)24(25,26)27/h4-11,13-14H,1,12H2,2-3H3,(H,28,31)(H,29,32). The van der Waals surface area contributed by atoms with E-state index in [1.54, 1.807) is 7.05 Å². The van der Waals surface area contributed by atoms with Crippen LogP contribution in [0, 0.1) is 0 Å². The molecule has 0 saturated heterocycles. The van der Waals surface area contributed by atoms with Gasteiger partial charge in [0.15, 0.2) is 11.4 Å². The molecule has 0 bridgehead atoms. The fraction of sp³-hybridized carbons (Fsp3) is 0.167. The minimum absolute atomic E-state index is 0.0157. The molecule has 1 heterocycles. The normalized spacial score (nSPS) is 10.9. The number of hydrogen-bond acceptors (Lipinski definition) is 5. The Kier molecular flexibility index (Phi) is 7.69. The number of aromatic nitrogens is 1. The summed E-state index contributed by atoms with van der Waals surface area (Å²) in [6, 6.07) is 10.6. The van der Waals surface area contributed by atoms with Crippen molar-refractivity contribution in [2.24, 2.45) is 7.05 Å². The molecule has 0 spiro atoms. The molecule has 0 radical (unpaired) electrons. The number of amides is 2. The number of alkyl halides is 3. The van der Waals surface area contributed by atoms with Gasteiger partial charge in [-0.2, -0.15) is 13.2 Å². The zero-order valence-corrected chi connectivity index (χ0v) is 18.8. The fourth-order valence-electron chi connectivity index (χ4n) is 3.11. The number of halogens is 3. The maximum atomic E-state index is 12.9. The summed E-state index contributed by atoms with van der Waals surface area (Å²) >= 11 is 0. The number of ether oxygens (including phenoxy) is 3. The predicted molar refractivity (Wildman–Crippen MR) is 123 cm³/mol. The van der Waals surface area contributed by atoms with Crippen LogP contribution in [0.2, 0.25) is 0 Å². The summed E-state index contributed by atoms with van der Waals surface area (Å²) in [5.74, 6) is -0.0893. The van der Waals surface area contributed by atoms with E-state index in [-0.39, 0.29) is 35.2 Å².